The molecule has 1 saturated heterocycles. The molecule has 0 aliphatic carbocycles. The van der Waals surface area contributed by atoms with Crippen molar-refractivity contribution in [2.75, 3.05) is 18.6 Å². The van der Waals surface area contributed by atoms with Crippen LogP contribution in [0.25, 0.3) is 11.6 Å². The Morgan fingerprint density at radius 1 is 1.24 bits per heavy atom. The second kappa shape index (κ2) is 7.90. The van der Waals surface area contributed by atoms with Gasteiger partial charge in [-0.25, -0.2) is 0 Å². The molecule has 1 unspecified atom stereocenters. The molecule has 0 saturated carbocycles. The molecule has 1 atom stereocenters. The monoisotopic (exact) mass is 414 g/mol. The average Bonchev–Trinajstić information content (AvgIpc) is 2.94. The summed E-state index contributed by atoms with van der Waals surface area (Å²) in [5.41, 5.74) is 4.17. The van der Waals surface area contributed by atoms with E-state index in [1.54, 1.807) is 13.2 Å². The lowest BCUT2D eigenvalue weighted by molar-refractivity contribution is -0.124. The smallest absolute Gasteiger partial charge is 0.293 e. The number of hydrogen-bond donors (Lipinski definition) is 0. The zero-order chi connectivity index (χ0) is 21.5. The molecule has 29 heavy (non-hydrogen) atoms. The molecule has 1 fully saturated rings. The Kier molecular flexibility index (Phi) is 5.86. The molecule has 6 heteroatoms. The van der Waals surface area contributed by atoms with E-state index >= 15 is 0 Å². The summed E-state index contributed by atoms with van der Waals surface area (Å²) in [6.07, 6.45) is 4.79. The van der Waals surface area contributed by atoms with Crippen molar-refractivity contribution in [2.45, 2.75) is 59.5 Å². The number of carbonyl (C=O) groups excluding carboxylic acids is 2. The highest BCUT2D eigenvalue weighted by atomic mass is 32.2. The Morgan fingerprint density at radius 2 is 1.93 bits per heavy atom. The van der Waals surface area contributed by atoms with Crippen molar-refractivity contribution in [3.63, 3.8) is 0 Å². The standard InChI is InChI=1S/C23H30N2O3S/c1-8-15(4)25-21(26)20(29-22(25)27)11-16-10-17-14(3)13-23(5,6)24(9-2)18(17)12-19(16)28-7/h10-13,15H,8-9H2,1-7H3/b20-11-. The lowest BCUT2D eigenvalue weighted by Crippen LogP contribution is -2.44. The number of rotatable bonds is 5. The molecular weight excluding hydrogens is 384 g/mol. The first kappa shape index (κ1) is 21.5. The number of nitrogens with zero attached hydrogens (tertiary/aromatic N) is 2. The van der Waals surface area contributed by atoms with E-state index in [2.05, 4.69) is 44.7 Å². The predicted molar refractivity (Wildman–Crippen MR) is 121 cm³/mol. The zero-order valence-electron chi connectivity index (χ0n) is 18.3. The number of fused-ring (bicyclic) bond motifs is 1. The first-order chi connectivity index (χ1) is 13.6. The number of methoxy groups -OCH3 is 1. The predicted octanol–water partition coefficient (Wildman–Crippen LogP) is 5.55. The zero-order valence-corrected chi connectivity index (χ0v) is 19.1. The largest absolute Gasteiger partial charge is 0.496 e. The van der Waals surface area contributed by atoms with E-state index in [1.165, 1.54) is 10.5 Å². The molecule has 5 nitrogen and oxygen atoms in total. The minimum Gasteiger partial charge on any atom is -0.496 e. The maximum atomic E-state index is 12.8. The van der Waals surface area contributed by atoms with Crippen LogP contribution in [0.4, 0.5) is 10.5 Å². The van der Waals surface area contributed by atoms with E-state index in [0.717, 1.165) is 41.5 Å². The van der Waals surface area contributed by atoms with Gasteiger partial charge in [-0.3, -0.25) is 14.5 Å². The van der Waals surface area contributed by atoms with Gasteiger partial charge < -0.3 is 9.64 Å². The van der Waals surface area contributed by atoms with Crippen LogP contribution in [0, 0.1) is 0 Å². The molecule has 1 aromatic carbocycles. The quantitative estimate of drug-likeness (QED) is 0.591. The Morgan fingerprint density at radius 3 is 2.52 bits per heavy atom. The number of thioether (sulfide) groups is 1. The van der Waals surface area contributed by atoms with Crippen molar-refractivity contribution in [1.82, 2.24) is 4.90 Å². The number of carbonyl (C=O) groups is 2. The average molecular weight is 415 g/mol. The van der Waals surface area contributed by atoms with Crippen molar-refractivity contribution >= 4 is 40.2 Å². The van der Waals surface area contributed by atoms with E-state index in [9.17, 15) is 9.59 Å². The number of amides is 2. The second-order valence-electron chi connectivity index (χ2n) is 8.15. The Balaban J connectivity index is 2.09. The summed E-state index contributed by atoms with van der Waals surface area (Å²) < 4.78 is 5.67. The van der Waals surface area contributed by atoms with Gasteiger partial charge in [0.2, 0.25) is 0 Å². The molecule has 0 radical (unpaired) electrons. The third-order valence-electron chi connectivity index (χ3n) is 5.79. The maximum Gasteiger partial charge on any atom is 0.293 e. The Labute approximate surface area is 177 Å². The van der Waals surface area contributed by atoms with Crippen LogP contribution >= 0.6 is 11.8 Å². The van der Waals surface area contributed by atoms with Crippen LogP contribution < -0.4 is 9.64 Å². The van der Waals surface area contributed by atoms with Gasteiger partial charge in [-0.2, -0.15) is 0 Å². The molecule has 2 aliphatic rings. The second-order valence-corrected chi connectivity index (χ2v) is 9.14. The number of ether oxygens (including phenoxy) is 1. The molecule has 2 amide bonds. The van der Waals surface area contributed by atoms with E-state index < -0.39 is 0 Å². The van der Waals surface area contributed by atoms with E-state index in [1.807, 2.05) is 19.9 Å². The van der Waals surface area contributed by atoms with Gasteiger partial charge in [0.15, 0.2) is 0 Å². The highest BCUT2D eigenvalue weighted by molar-refractivity contribution is 8.18. The van der Waals surface area contributed by atoms with Crippen molar-refractivity contribution < 1.29 is 14.3 Å². The molecule has 156 valence electrons. The van der Waals surface area contributed by atoms with Gasteiger partial charge in [0.05, 0.1) is 17.6 Å². The van der Waals surface area contributed by atoms with Crippen LogP contribution in [0.15, 0.2) is 23.1 Å². The number of benzene rings is 1. The van der Waals surface area contributed by atoms with Crippen molar-refractivity contribution in [3.05, 3.63) is 34.2 Å². The van der Waals surface area contributed by atoms with Gasteiger partial charge in [0, 0.05) is 35.5 Å². The van der Waals surface area contributed by atoms with Crippen molar-refractivity contribution in [1.29, 1.82) is 0 Å². The van der Waals surface area contributed by atoms with Crippen molar-refractivity contribution in [2.24, 2.45) is 0 Å². The molecule has 0 spiro atoms. The third kappa shape index (κ3) is 3.70. The van der Waals surface area contributed by atoms with Gasteiger partial charge in [0.1, 0.15) is 5.75 Å². The fourth-order valence-electron chi connectivity index (χ4n) is 4.17. The topological polar surface area (TPSA) is 49.9 Å². The van der Waals surface area contributed by atoms with Crippen LogP contribution in [0.1, 0.15) is 59.1 Å². The van der Waals surface area contributed by atoms with Gasteiger partial charge in [-0.05, 0) is 70.5 Å². The maximum absolute atomic E-state index is 12.8. The fraction of sp³-hybridized carbons (Fsp3) is 0.478. The van der Waals surface area contributed by atoms with Crippen LogP contribution in [0.3, 0.4) is 0 Å². The summed E-state index contributed by atoms with van der Waals surface area (Å²) >= 11 is 1.00. The Bertz CT molecular complexity index is 917. The van der Waals surface area contributed by atoms with Crippen molar-refractivity contribution in [3.8, 4) is 5.75 Å². The van der Waals surface area contributed by atoms with Gasteiger partial charge in [-0.1, -0.05) is 13.0 Å². The third-order valence-corrected chi connectivity index (χ3v) is 6.67. The molecule has 3 rings (SSSR count). The first-order valence-corrected chi connectivity index (χ1v) is 10.9. The van der Waals surface area contributed by atoms with Crippen LogP contribution in [0.2, 0.25) is 0 Å². The molecule has 0 aromatic heterocycles. The van der Waals surface area contributed by atoms with E-state index in [4.69, 9.17) is 4.74 Å². The van der Waals surface area contributed by atoms with Crippen LogP contribution in [-0.2, 0) is 4.79 Å². The minimum atomic E-state index is -0.224. The fourth-order valence-corrected chi connectivity index (χ4v) is 5.09. The summed E-state index contributed by atoms with van der Waals surface area (Å²) in [6.45, 7) is 13.4. The highest BCUT2D eigenvalue weighted by Crippen LogP contribution is 2.43. The number of allylic oxidation sites excluding steroid dienone is 1. The highest BCUT2D eigenvalue weighted by Gasteiger charge is 2.38. The number of hydrogen-bond acceptors (Lipinski definition) is 5. The summed E-state index contributed by atoms with van der Waals surface area (Å²) in [5.74, 6) is 0.473. The molecular formula is C23H30N2O3S. The summed E-state index contributed by atoms with van der Waals surface area (Å²) in [6, 6.07) is 4.00. The van der Waals surface area contributed by atoms with E-state index in [0.29, 0.717) is 10.7 Å². The lowest BCUT2D eigenvalue weighted by Gasteiger charge is -2.43. The lowest BCUT2D eigenvalue weighted by atomic mass is 9.87. The number of likely N-dealkylation sites (N-methyl/N-ethyl adjacent to an activating group) is 1. The number of imide groups is 1. The number of anilines is 1. The minimum absolute atomic E-state index is 0.0860. The molecule has 0 bridgehead atoms. The summed E-state index contributed by atoms with van der Waals surface area (Å²) in [7, 11) is 1.64. The summed E-state index contributed by atoms with van der Waals surface area (Å²) in [4.78, 5) is 29.3. The van der Waals surface area contributed by atoms with Crippen LogP contribution in [-0.4, -0.2) is 41.3 Å². The SMILES string of the molecule is CCC(C)N1C(=O)S/C(=C\c2cc3c(cc2OC)N(CC)C(C)(C)C=C3C)C1=O. The Hall–Kier alpha value is -2.21. The van der Waals surface area contributed by atoms with E-state index in [-0.39, 0.29) is 22.7 Å². The van der Waals surface area contributed by atoms with Gasteiger partial charge in [0.25, 0.3) is 11.1 Å². The normalized spacial score (nSPS) is 20.8. The molecule has 0 N–H and O–H groups in total. The van der Waals surface area contributed by atoms with Gasteiger partial charge >= 0.3 is 0 Å². The van der Waals surface area contributed by atoms with Gasteiger partial charge in [-0.15, -0.1) is 0 Å². The molecule has 1 aromatic rings. The molecule has 2 aliphatic heterocycles. The summed E-state index contributed by atoms with van der Waals surface area (Å²) in [5, 5.41) is -0.206. The van der Waals surface area contributed by atoms with Crippen LogP contribution in [0.5, 0.6) is 5.75 Å². The first-order valence-electron chi connectivity index (χ1n) is 10.1. The molecule has 2 heterocycles.